The van der Waals surface area contributed by atoms with Gasteiger partial charge in [0.05, 0.1) is 16.5 Å². The highest BCUT2D eigenvalue weighted by Gasteiger charge is 2.28. The normalized spacial score (nSPS) is 12.6. The Balaban J connectivity index is 1.62. The van der Waals surface area contributed by atoms with E-state index in [9.17, 15) is 18.0 Å². The highest BCUT2D eigenvalue weighted by molar-refractivity contribution is 7.98. The molecule has 0 unspecified atom stereocenters. The topological polar surface area (TPSA) is 110 Å². The van der Waals surface area contributed by atoms with Crippen molar-refractivity contribution in [3.63, 3.8) is 0 Å². The van der Waals surface area contributed by atoms with Crippen molar-refractivity contribution in [3.05, 3.63) is 101 Å². The van der Waals surface area contributed by atoms with E-state index in [2.05, 4.69) is 10.0 Å². The van der Waals surface area contributed by atoms with Gasteiger partial charge in [-0.25, -0.2) is 13.2 Å². The number of sulfonamides is 1. The number of oxazole rings is 1. The number of aromatic nitrogens is 1. The summed E-state index contributed by atoms with van der Waals surface area (Å²) in [5, 5.41) is 3.03. The van der Waals surface area contributed by atoms with Crippen molar-refractivity contribution in [2.24, 2.45) is 7.05 Å². The summed E-state index contributed by atoms with van der Waals surface area (Å²) in [5.74, 6) is -0.440. The lowest BCUT2D eigenvalue weighted by Crippen LogP contribution is -2.48. The molecule has 1 aromatic heterocycles. The van der Waals surface area contributed by atoms with Crippen LogP contribution in [0.15, 0.2) is 93.0 Å². The number of thioether (sulfide) groups is 1. The Bertz CT molecular complexity index is 1460. The number of hydrogen-bond acceptors (Lipinski definition) is 6. The summed E-state index contributed by atoms with van der Waals surface area (Å²) < 4.78 is 35.5. The first kappa shape index (κ1) is 25.7. The molecule has 0 spiro atoms. The maximum absolute atomic E-state index is 13.5. The average Bonchev–Trinajstić information content (AvgIpc) is 3.18. The maximum atomic E-state index is 13.5. The SMILES string of the molecule is CSCC[C@H](NS(=O)(=O)c1ccc2c(c1)oc(=O)n2C)C(=O)NC(c1ccccc1)c1ccccc1. The van der Waals surface area contributed by atoms with Crippen molar-refractivity contribution < 1.29 is 17.6 Å². The predicted molar refractivity (Wildman–Crippen MR) is 141 cm³/mol. The lowest BCUT2D eigenvalue weighted by molar-refractivity contribution is -0.123. The van der Waals surface area contributed by atoms with Crippen LogP contribution in [0, 0.1) is 0 Å². The Hall–Kier alpha value is -3.34. The number of amides is 1. The molecule has 1 amide bonds. The second-order valence-corrected chi connectivity index (χ2v) is 11.0. The molecule has 1 heterocycles. The number of nitrogens with one attached hydrogen (secondary N) is 2. The van der Waals surface area contributed by atoms with Crippen LogP contribution in [0.1, 0.15) is 23.6 Å². The highest BCUT2D eigenvalue weighted by atomic mass is 32.2. The predicted octanol–water partition coefficient (Wildman–Crippen LogP) is 3.44. The van der Waals surface area contributed by atoms with Crippen LogP contribution in [0.4, 0.5) is 0 Å². The molecule has 0 saturated heterocycles. The van der Waals surface area contributed by atoms with Crippen molar-refractivity contribution >= 4 is 38.8 Å². The molecule has 8 nitrogen and oxygen atoms in total. The second-order valence-electron chi connectivity index (χ2n) is 8.27. The molecule has 1 atom stereocenters. The minimum atomic E-state index is -4.09. The first-order chi connectivity index (χ1) is 17.3. The van der Waals surface area contributed by atoms with Crippen molar-refractivity contribution in [2.75, 3.05) is 12.0 Å². The lowest BCUT2D eigenvalue weighted by atomic mass is 9.98. The fourth-order valence-electron chi connectivity index (χ4n) is 3.91. The maximum Gasteiger partial charge on any atom is 0.419 e. The van der Waals surface area contributed by atoms with Gasteiger partial charge in [-0.05, 0) is 41.7 Å². The van der Waals surface area contributed by atoms with Crippen LogP contribution in [-0.2, 0) is 21.9 Å². The number of aryl methyl sites for hydroxylation is 1. The fourth-order valence-corrected chi connectivity index (χ4v) is 5.63. The highest BCUT2D eigenvalue weighted by Crippen LogP contribution is 2.23. The molecule has 4 aromatic rings. The monoisotopic (exact) mass is 525 g/mol. The van der Waals surface area contributed by atoms with Crippen LogP contribution >= 0.6 is 11.8 Å². The van der Waals surface area contributed by atoms with E-state index in [1.807, 2.05) is 66.9 Å². The zero-order valence-corrected chi connectivity index (χ0v) is 21.5. The quantitative estimate of drug-likeness (QED) is 0.328. The minimum Gasteiger partial charge on any atom is -0.408 e. The molecular formula is C26H27N3O5S2. The van der Waals surface area contributed by atoms with Crippen LogP contribution in [0.25, 0.3) is 11.1 Å². The van der Waals surface area contributed by atoms with Crippen LogP contribution in [0.5, 0.6) is 0 Å². The van der Waals surface area contributed by atoms with E-state index >= 15 is 0 Å². The third kappa shape index (κ3) is 5.72. The van der Waals surface area contributed by atoms with E-state index in [-0.39, 0.29) is 10.5 Å². The summed E-state index contributed by atoms with van der Waals surface area (Å²) in [5.41, 5.74) is 2.40. The standard InChI is InChI=1S/C26H27N3O5S2/c1-29-22-14-13-20(17-23(22)34-26(29)31)36(32,33)28-21(15-16-35-2)25(30)27-24(18-9-5-3-6-10-18)19-11-7-4-8-12-19/h3-14,17,21,24,28H,15-16H2,1-2H3,(H,27,30)/t21-/m0/s1. The smallest absolute Gasteiger partial charge is 0.408 e. The Kier molecular flexibility index (Phi) is 7.97. The van der Waals surface area contributed by atoms with E-state index in [0.29, 0.717) is 17.7 Å². The Labute approximate surface area is 213 Å². The van der Waals surface area contributed by atoms with Gasteiger partial charge in [-0.2, -0.15) is 16.5 Å². The zero-order valence-electron chi connectivity index (χ0n) is 19.9. The molecule has 0 aliphatic rings. The van der Waals surface area contributed by atoms with Gasteiger partial charge in [0, 0.05) is 13.1 Å². The van der Waals surface area contributed by atoms with Crippen molar-refractivity contribution in [1.82, 2.24) is 14.6 Å². The molecule has 2 N–H and O–H groups in total. The van der Waals surface area contributed by atoms with Crippen LogP contribution in [0.3, 0.4) is 0 Å². The van der Waals surface area contributed by atoms with Gasteiger partial charge >= 0.3 is 5.76 Å². The van der Waals surface area contributed by atoms with E-state index in [4.69, 9.17) is 4.42 Å². The van der Waals surface area contributed by atoms with Gasteiger partial charge in [0.1, 0.15) is 6.04 Å². The van der Waals surface area contributed by atoms with Crippen molar-refractivity contribution in [3.8, 4) is 0 Å². The van der Waals surface area contributed by atoms with E-state index in [0.717, 1.165) is 11.1 Å². The third-order valence-corrected chi connectivity index (χ3v) is 7.96. The van der Waals surface area contributed by atoms with Crippen molar-refractivity contribution in [1.29, 1.82) is 0 Å². The fraction of sp³-hybridized carbons (Fsp3) is 0.231. The summed E-state index contributed by atoms with van der Waals surface area (Å²) in [6.45, 7) is 0. The summed E-state index contributed by atoms with van der Waals surface area (Å²) in [7, 11) is -2.55. The molecule has 10 heteroatoms. The van der Waals surface area contributed by atoms with Gasteiger partial charge in [-0.15, -0.1) is 0 Å². The number of nitrogens with zero attached hydrogens (tertiary/aromatic N) is 1. The summed E-state index contributed by atoms with van der Waals surface area (Å²) >= 11 is 1.52. The van der Waals surface area contributed by atoms with Gasteiger partial charge in [0.2, 0.25) is 15.9 Å². The molecule has 0 radical (unpaired) electrons. The number of benzene rings is 3. The summed E-state index contributed by atoms with van der Waals surface area (Å²) in [6.07, 6.45) is 2.19. The number of rotatable bonds is 10. The Morgan fingerprint density at radius 3 is 2.19 bits per heavy atom. The molecule has 0 aliphatic heterocycles. The molecule has 0 aliphatic carbocycles. The molecule has 188 valence electrons. The molecule has 3 aromatic carbocycles. The molecule has 36 heavy (non-hydrogen) atoms. The van der Waals surface area contributed by atoms with Gasteiger partial charge < -0.3 is 9.73 Å². The average molecular weight is 526 g/mol. The first-order valence-electron chi connectivity index (χ1n) is 11.3. The zero-order chi connectivity index (χ0) is 25.7. The van der Waals surface area contributed by atoms with E-state index in [1.54, 1.807) is 7.05 Å². The molecule has 4 rings (SSSR count). The van der Waals surface area contributed by atoms with Gasteiger partial charge in [-0.1, -0.05) is 60.7 Å². The number of fused-ring (bicyclic) bond motifs is 1. The number of carbonyl (C=O) groups excluding carboxylic acids is 1. The molecular weight excluding hydrogens is 498 g/mol. The summed E-state index contributed by atoms with van der Waals surface area (Å²) in [6, 6.07) is 21.8. The largest absolute Gasteiger partial charge is 0.419 e. The van der Waals surface area contributed by atoms with E-state index in [1.165, 1.54) is 34.5 Å². The second kappa shape index (κ2) is 11.2. The van der Waals surface area contributed by atoms with Gasteiger partial charge in [0.25, 0.3) is 0 Å². The van der Waals surface area contributed by atoms with Gasteiger partial charge in [-0.3, -0.25) is 9.36 Å². The van der Waals surface area contributed by atoms with Crippen LogP contribution < -0.4 is 15.8 Å². The molecule has 0 saturated carbocycles. The third-order valence-electron chi connectivity index (χ3n) is 5.85. The first-order valence-corrected chi connectivity index (χ1v) is 14.2. The number of hydrogen-bond donors (Lipinski definition) is 2. The van der Waals surface area contributed by atoms with Crippen LogP contribution in [-0.4, -0.2) is 36.9 Å². The van der Waals surface area contributed by atoms with E-state index < -0.39 is 33.8 Å². The molecule has 0 fully saturated rings. The van der Waals surface area contributed by atoms with Crippen molar-refractivity contribution in [2.45, 2.75) is 23.4 Å². The molecule has 0 bridgehead atoms. The minimum absolute atomic E-state index is 0.0889. The van der Waals surface area contributed by atoms with Gasteiger partial charge in [0.15, 0.2) is 5.58 Å². The Morgan fingerprint density at radius 1 is 1.00 bits per heavy atom. The summed E-state index contributed by atoms with van der Waals surface area (Å²) in [4.78, 5) is 25.2. The Morgan fingerprint density at radius 2 is 1.61 bits per heavy atom. The van der Waals surface area contributed by atoms with Crippen LogP contribution in [0.2, 0.25) is 0 Å². The lowest BCUT2D eigenvalue weighted by Gasteiger charge is -2.24. The number of carbonyl (C=O) groups is 1.